The van der Waals surface area contributed by atoms with E-state index in [1.165, 1.54) is 22.3 Å². The van der Waals surface area contributed by atoms with Crippen molar-refractivity contribution in [1.82, 2.24) is 19.3 Å². The molecule has 0 unspecified atom stereocenters. The topological polar surface area (TPSA) is 35.6 Å². The minimum absolute atomic E-state index is 0.808. The van der Waals surface area contributed by atoms with Gasteiger partial charge in [0.15, 0.2) is 0 Å². The maximum Gasteiger partial charge on any atom is 0.0962 e. The second-order valence-corrected chi connectivity index (χ2v) is 5.40. The maximum absolute atomic E-state index is 4.51. The molecule has 2 heterocycles. The maximum atomic E-state index is 4.51. The summed E-state index contributed by atoms with van der Waals surface area (Å²) in [6.07, 6.45) is 2.89. The van der Waals surface area contributed by atoms with Crippen LogP contribution < -0.4 is 0 Å². The summed E-state index contributed by atoms with van der Waals surface area (Å²) in [6.45, 7) is 7.21. The number of rotatable bonds is 3. The minimum Gasteiger partial charge on any atom is -0.325 e. The lowest BCUT2D eigenvalue weighted by Crippen LogP contribution is -2.04. The van der Waals surface area contributed by atoms with Crippen molar-refractivity contribution in [2.75, 3.05) is 0 Å². The first kappa shape index (κ1) is 12.9. The molecule has 0 N–H and O–H groups in total. The van der Waals surface area contributed by atoms with Gasteiger partial charge >= 0.3 is 0 Å². The molecule has 3 rings (SSSR count). The van der Waals surface area contributed by atoms with E-state index in [0.29, 0.717) is 0 Å². The van der Waals surface area contributed by atoms with Crippen LogP contribution in [0.1, 0.15) is 29.4 Å². The second-order valence-electron chi connectivity index (χ2n) is 5.40. The number of aromatic nitrogens is 4. The number of fused-ring (bicyclic) bond motifs is 1. The van der Waals surface area contributed by atoms with Crippen LogP contribution in [0.5, 0.6) is 0 Å². The molecule has 0 spiro atoms. The minimum atomic E-state index is 0.808. The number of hydrogen-bond donors (Lipinski definition) is 0. The molecular formula is C16H20N4. The zero-order valence-electron chi connectivity index (χ0n) is 12.5. The normalized spacial score (nSPS) is 11.4. The Kier molecular flexibility index (Phi) is 3.08. The summed E-state index contributed by atoms with van der Waals surface area (Å²) in [5.41, 5.74) is 7.19. The molecule has 4 nitrogen and oxygen atoms in total. The molecule has 0 atom stereocenters. The molecule has 0 amide bonds. The van der Waals surface area contributed by atoms with Gasteiger partial charge in [-0.25, -0.2) is 4.98 Å². The summed E-state index contributed by atoms with van der Waals surface area (Å²) in [6, 6.07) is 6.55. The van der Waals surface area contributed by atoms with Crippen LogP contribution in [0, 0.1) is 13.8 Å². The molecule has 0 aliphatic carbocycles. The predicted molar refractivity (Wildman–Crippen MR) is 80.9 cm³/mol. The number of aryl methyl sites for hydroxylation is 4. The average molecular weight is 268 g/mol. The zero-order valence-corrected chi connectivity index (χ0v) is 12.5. The fourth-order valence-electron chi connectivity index (χ4n) is 2.51. The lowest BCUT2D eigenvalue weighted by Gasteiger charge is -2.06. The van der Waals surface area contributed by atoms with Gasteiger partial charge < -0.3 is 4.57 Å². The van der Waals surface area contributed by atoms with Gasteiger partial charge in [0.05, 0.1) is 35.3 Å². The van der Waals surface area contributed by atoms with Gasteiger partial charge in [-0.05, 0) is 49.6 Å². The van der Waals surface area contributed by atoms with Gasteiger partial charge in [0.1, 0.15) is 0 Å². The van der Waals surface area contributed by atoms with Crippen molar-refractivity contribution in [2.24, 2.45) is 7.05 Å². The van der Waals surface area contributed by atoms with Crippen LogP contribution >= 0.6 is 0 Å². The summed E-state index contributed by atoms with van der Waals surface area (Å²) in [4.78, 5) is 4.51. The van der Waals surface area contributed by atoms with E-state index >= 15 is 0 Å². The van der Waals surface area contributed by atoms with E-state index in [4.69, 9.17) is 0 Å². The highest BCUT2D eigenvalue weighted by Crippen LogP contribution is 2.19. The van der Waals surface area contributed by atoms with Crippen molar-refractivity contribution < 1.29 is 0 Å². The Morgan fingerprint density at radius 3 is 2.55 bits per heavy atom. The van der Waals surface area contributed by atoms with E-state index < -0.39 is 0 Å². The van der Waals surface area contributed by atoms with E-state index in [1.807, 2.05) is 18.1 Å². The van der Waals surface area contributed by atoms with E-state index in [2.05, 4.69) is 53.6 Å². The molecule has 0 bridgehead atoms. The smallest absolute Gasteiger partial charge is 0.0962 e. The fourth-order valence-corrected chi connectivity index (χ4v) is 2.51. The summed E-state index contributed by atoms with van der Waals surface area (Å²) < 4.78 is 4.16. The first-order valence-corrected chi connectivity index (χ1v) is 7.02. The Bertz CT molecular complexity index is 764. The highest BCUT2D eigenvalue weighted by atomic mass is 15.3. The zero-order chi connectivity index (χ0) is 14.3. The highest BCUT2D eigenvalue weighted by Gasteiger charge is 2.09. The van der Waals surface area contributed by atoms with Gasteiger partial charge in [-0.1, -0.05) is 6.92 Å². The molecule has 0 fully saturated rings. The van der Waals surface area contributed by atoms with Crippen molar-refractivity contribution in [3.8, 4) is 0 Å². The molecule has 4 heteroatoms. The fraction of sp³-hybridized carbons (Fsp3) is 0.375. The highest BCUT2D eigenvalue weighted by molar-refractivity contribution is 5.77. The predicted octanol–water partition coefficient (Wildman–Crippen LogP) is 3.00. The largest absolute Gasteiger partial charge is 0.325 e. The van der Waals surface area contributed by atoms with E-state index in [1.54, 1.807) is 0 Å². The quantitative estimate of drug-likeness (QED) is 0.732. The van der Waals surface area contributed by atoms with Crippen molar-refractivity contribution in [2.45, 2.75) is 33.7 Å². The Morgan fingerprint density at radius 1 is 1.10 bits per heavy atom. The lowest BCUT2D eigenvalue weighted by molar-refractivity contribution is 0.667. The van der Waals surface area contributed by atoms with E-state index in [-0.39, 0.29) is 0 Å². The molecule has 0 saturated carbocycles. The third-order valence-corrected chi connectivity index (χ3v) is 3.96. The Morgan fingerprint density at radius 2 is 1.85 bits per heavy atom. The number of nitrogens with zero attached hydrogens (tertiary/aromatic N) is 4. The second kappa shape index (κ2) is 4.78. The third-order valence-electron chi connectivity index (χ3n) is 3.96. The molecule has 0 aliphatic heterocycles. The van der Waals surface area contributed by atoms with Crippen LogP contribution in [0.4, 0.5) is 0 Å². The molecule has 1 aromatic carbocycles. The number of hydrogen-bond acceptors (Lipinski definition) is 2. The van der Waals surface area contributed by atoms with Crippen LogP contribution in [0.25, 0.3) is 11.0 Å². The summed E-state index contributed by atoms with van der Waals surface area (Å²) in [5.74, 6) is 0. The molecule has 2 aromatic heterocycles. The lowest BCUT2D eigenvalue weighted by atomic mass is 10.1. The third kappa shape index (κ3) is 2.11. The Balaban J connectivity index is 2.02. The SMILES string of the molecule is CCc1cc(Cn2cnc3cc(C)c(C)cc32)n(C)n1. The first-order chi connectivity index (χ1) is 9.58. The number of imidazole rings is 1. The molecule has 0 saturated heterocycles. The summed E-state index contributed by atoms with van der Waals surface area (Å²) in [7, 11) is 2.00. The standard InChI is InChI=1S/C16H20N4/c1-5-13-8-14(19(4)18-13)9-20-10-17-15-6-11(2)12(3)7-16(15)20/h6-8,10H,5,9H2,1-4H3. The van der Waals surface area contributed by atoms with Crippen LogP contribution in [-0.2, 0) is 20.0 Å². The van der Waals surface area contributed by atoms with Gasteiger partial charge in [0.25, 0.3) is 0 Å². The van der Waals surface area contributed by atoms with Crippen LogP contribution in [-0.4, -0.2) is 19.3 Å². The van der Waals surface area contributed by atoms with Crippen LogP contribution in [0.15, 0.2) is 24.5 Å². The van der Waals surface area contributed by atoms with Gasteiger partial charge in [-0.2, -0.15) is 5.10 Å². The van der Waals surface area contributed by atoms with Gasteiger partial charge in [-0.15, -0.1) is 0 Å². The van der Waals surface area contributed by atoms with Crippen LogP contribution in [0.2, 0.25) is 0 Å². The molecule has 3 aromatic rings. The van der Waals surface area contributed by atoms with E-state index in [0.717, 1.165) is 24.2 Å². The summed E-state index contributed by atoms with van der Waals surface area (Å²) >= 11 is 0. The van der Waals surface area contributed by atoms with E-state index in [9.17, 15) is 0 Å². The van der Waals surface area contributed by atoms with Crippen molar-refractivity contribution in [3.05, 3.63) is 47.0 Å². The van der Waals surface area contributed by atoms with Crippen LogP contribution in [0.3, 0.4) is 0 Å². The van der Waals surface area contributed by atoms with Crippen molar-refractivity contribution >= 4 is 11.0 Å². The Labute approximate surface area is 119 Å². The molecule has 0 aliphatic rings. The Hall–Kier alpha value is -2.10. The monoisotopic (exact) mass is 268 g/mol. The average Bonchev–Trinajstić information content (AvgIpc) is 2.96. The number of benzene rings is 1. The van der Waals surface area contributed by atoms with Crippen molar-refractivity contribution in [1.29, 1.82) is 0 Å². The van der Waals surface area contributed by atoms with Crippen molar-refractivity contribution in [3.63, 3.8) is 0 Å². The van der Waals surface area contributed by atoms with Gasteiger partial charge in [0, 0.05) is 7.05 Å². The first-order valence-electron chi connectivity index (χ1n) is 7.02. The molecule has 20 heavy (non-hydrogen) atoms. The molecular weight excluding hydrogens is 248 g/mol. The molecule has 104 valence electrons. The van der Waals surface area contributed by atoms with Gasteiger partial charge in [-0.3, -0.25) is 4.68 Å². The summed E-state index contributed by atoms with van der Waals surface area (Å²) in [5, 5.41) is 4.50. The molecule has 0 radical (unpaired) electrons. The van der Waals surface area contributed by atoms with Gasteiger partial charge in [0.2, 0.25) is 0 Å².